The molecule has 0 aliphatic rings. The van der Waals surface area contributed by atoms with Crippen LogP contribution < -0.4 is 14.4 Å². The summed E-state index contributed by atoms with van der Waals surface area (Å²) in [5, 5.41) is 0.809. The first-order valence-corrected chi connectivity index (χ1v) is 10.2. The van der Waals surface area contributed by atoms with Crippen molar-refractivity contribution in [3.63, 3.8) is 0 Å². The Balaban J connectivity index is 1.81. The van der Waals surface area contributed by atoms with Gasteiger partial charge in [0.2, 0.25) is 4.90 Å². The minimum Gasteiger partial charge on any atom is -0.588 e. The van der Waals surface area contributed by atoms with Crippen molar-refractivity contribution in [3.8, 4) is 5.75 Å². The molecule has 148 valence electrons. The van der Waals surface area contributed by atoms with Gasteiger partial charge in [0.15, 0.2) is 11.5 Å². The minimum absolute atomic E-state index is 0.114. The Morgan fingerprint density at radius 1 is 1.21 bits per heavy atom. The van der Waals surface area contributed by atoms with E-state index in [4.69, 9.17) is 9.15 Å². The Labute approximate surface area is 167 Å². The number of benzene rings is 2. The van der Waals surface area contributed by atoms with Gasteiger partial charge in [0, 0.05) is 37.3 Å². The van der Waals surface area contributed by atoms with E-state index in [9.17, 15) is 9.35 Å². The third-order valence-electron chi connectivity index (χ3n) is 4.19. The highest BCUT2D eigenvalue weighted by Crippen LogP contribution is 2.27. The monoisotopic (exact) mass is 400 g/mol. The number of nitrogens with one attached hydrogen (secondary N) is 1. The van der Waals surface area contributed by atoms with Gasteiger partial charge in [-0.1, -0.05) is 13.0 Å². The molecule has 2 aromatic carbocycles. The fourth-order valence-electron chi connectivity index (χ4n) is 2.69. The summed E-state index contributed by atoms with van der Waals surface area (Å²) in [4.78, 5) is 15.0. The lowest BCUT2D eigenvalue weighted by atomic mass is 10.2. The quantitative estimate of drug-likeness (QED) is 0.606. The third kappa shape index (κ3) is 4.43. The SMILES string of the molecule is CCCOc1ccc(C)cc1[S+]([O-])NC(=O)c1cc2ccc(N(C)C)cc2o1. The van der Waals surface area contributed by atoms with Crippen LogP contribution >= 0.6 is 0 Å². The molecule has 0 radical (unpaired) electrons. The topological polar surface area (TPSA) is 77.8 Å². The number of amides is 1. The second-order valence-electron chi connectivity index (χ2n) is 6.73. The number of carbonyl (C=O) groups is 1. The molecule has 3 rings (SSSR count). The van der Waals surface area contributed by atoms with Gasteiger partial charge in [-0.2, -0.15) is 4.72 Å². The summed E-state index contributed by atoms with van der Waals surface area (Å²) in [6.07, 6.45) is 0.834. The number of ether oxygens (including phenoxy) is 1. The molecular weight excluding hydrogens is 376 g/mol. The number of aryl methyl sites for hydroxylation is 1. The van der Waals surface area contributed by atoms with E-state index in [2.05, 4.69) is 4.72 Å². The molecule has 1 unspecified atom stereocenters. The standard InChI is InChI=1S/C21H24N2O4S/c1-5-10-26-17-9-6-14(2)11-20(17)28(25)22-21(24)19-12-15-7-8-16(23(3)4)13-18(15)27-19/h6-9,11-13H,5,10H2,1-4H3,(H,22,24). The third-order valence-corrected chi connectivity index (χ3v) is 5.28. The number of hydrogen-bond donors (Lipinski definition) is 1. The van der Waals surface area contributed by atoms with Crippen LogP contribution in [0, 0.1) is 6.92 Å². The lowest BCUT2D eigenvalue weighted by Crippen LogP contribution is -2.30. The number of anilines is 1. The zero-order valence-electron chi connectivity index (χ0n) is 16.4. The lowest BCUT2D eigenvalue weighted by Gasteiger charge is -2.14. The molecule has 0 bridgehead atoms. The predicted molar refractivity (Wildman–Crippen MR) is 111 cm³/mol. The van der Waals surface area contributed by atoms with E-state index in [0.29, 0.717) is 22.8 Å². The molecule has 1 N–H and O–H groups in total. The molecule has 6 nitrogen and oxygen atoms in total. The van der Waals surface area contributed by atoms with Crippen LogP contribution in [0.3, 0.4) is 0 Å². The molecule has 28 heavy (non-hydrogen) atoms. The molecule has 1 atom stereocenters. The maximum Gasteiger partial charge on any atom is 0.328 e. The van der Waals surface area contributed by atoms with Gasteiger partial charge in [0.05, 0.1) is 6.61 Å². The summed E-state index contributed by atoms with van der Waals surface area (Å²) in [6, 6.07) is 12.8. The van der Waals surface area contributed by atoms with Crippen molar-refractivity contribution in [2.45, 2.75) is 25.2 Å². The molecule has 3 aromatic rings. The van der Waals surface area contributed by atoms with Gasteiger partial charge < -0.3 is 18.6 Å². The zero-order valence-corrected chi connectivity index (χ0v) is 17.3. The highest BCUT2D eigenvalue weighted by Gasteiger charge is 2.24. The van der Waals surface area contributed by atoms with E-state index in [1.165, 1.54) is 0 Å². The van der Waals surface area contributed by atoms with E-state index >= 15 is 0 Å². The smallest absolute Gasteiger partial charge is 0.328 e. The fraction of sp³-hybridized carbons (Fsp3) is 0.286. The zero-order chi connectivity index (χ0) is 20.3. The Kier molecular flexibility index (Phi) is 6.16. The van der Waals surface area contributed by atoms with Crippen molar-refractivity contribution in [3.05, 3.63) is 53.8 Å². The van der Waals surface area contributed by atoms with Crippen LogP contribution in [0.1, 0.15) is 29.5 Å². The maximum absolute atomic E-state index is 12.8. The van der Waals surface area contributed by atoms with Crippen LogP contribution in [0.4, 0.5) is 5.69 Å². The second kappa shape index (κ2) is 8.58. The number of hydrogen-bond acceptors (Lipinski definition) is 5. The normalized spacial score (nSPS) is 12.0. The molecule has 1 amide bonds. The molecule has 0 saturated heterocycles. The molecule has 0 aliphatic carbocycles. The Bertz CT molecular complexity index is 984. The summed E-state index contributed by atoms with van der Waals surface area (Å²) in [7, 11) is 3.86. The number of furan rings is 1. The Hall–Kier alpha value is -2.64. The summed E-state index contributed by atoms with van der Waals surface area (Å²) < 4.78 is 26.6. The van der Waals surface area contributed by atoms with Crippen molar-refractivity contribution in [2.75, 3.05) is 25.6 Å². The predicted octanol–water partition coefficient (Wildman–Crippen LogP) is 4.05. The van der Waals surface area contributed by atoms with Gasteiger partial charge in [0.25, 0.3) is 0 Å². The van der Waals surface area contributed by atoms with Crippen molar-refractivity contribution in [2.24, 2.45) is 0 Å². The second-order valence-corrected chi connectivity index (χ2v) is 7.91. The maximum atomic E-state index is 12.8. The van der Waals surface area contributed by atoms with Gasteiger partial charge in [-0.05, 0) is 43.2 Å². The van der Waals surface area contributed by atoms with E-state index < -0.39 is 17.3 Å². The van der Waals surface area contributed by atoms with Crippen molar-refractivity contribution >= 4 is 33.9 Å². The van der Waals surface area contributed by atoms with Gasteiger partial charge in [0.1, 0.15) is 16.9 Å². The number of rotatable bonds is 7. The van der Waals surface area contributed by atoms with Crippen LogP contribution in [0.5, 0.6) is 5.75 Å². The van der Waals surface area contributed by atoms with E-state index in [-0.39, 0.29) is 5.76 Å². The van der Waals surface area contributed by atoms with E-state index in [1.807, 2.05) is 57.1 Å². The van der Waals surface area contributed by atoms with Crippen molar-refractivity contribution < 1.29 is 18.5 Å². The number of carbonyl (C=O) groups excluding carboxylic acids is 1. The summed E-state index contributed by atoms with van der Waals surface area (Å²) in [5.41, 5.74) is 2.50. The van der Waals surface area contributed by atoms with Crippen molar-refractivity contribution in [1.29, 1.82) is 0 Å². The molecule has 0 aliphatic heterocycles. The largest absolute Gasteiger partial charge is 0.588 e. The van der Waals surface area contributed by atoms with E-state index in [1.54, 1.807) is 18.2 Å². The van der Waals surface area contributed by atoms with Gasteiger partial charge >= 0.3 is 5.91 Å². The first-order valence-electron chi connectivity index (χ1n) is 9.06. The molecule has 0 saturated carbocycles. The van der Waals surface area contributed by atoms with Crippen LogP contribution in [-0.4, -0.2) is 31.2 Å². The van der Waals surface area contributed by atoms with Gasteiger partial charge in [-0.15, -0.1) is 0 Å². The lowest BCUT2D eigenvalue weighted by molar-refractivity contribution is 0.0956. The van der Waals surface area contributed by atoms with Gasteiger partial charge in [-0.3, -0.25) is 4.79 Å². The molecule has 7 heteroatoms. The van der Waals surface area contributed by atoms with Crippen LogP contribution in [-0.2, 0) is 11.4 Å². The summed E-state index contributed by atoms with van der Waals surface area (Å²) >= 11 is -1.77. The Morgan fingerprint density at radius 3 is 2.71 bits per heavy atom. The van der Waals surface area contributed by atoms with Crippen LogP contribution in [0.15, 0.2) is 51.8 Å². The number of nitrogens with zero attached hydrogens (tertiary/aromatic N) is 1. The highest BCUT2D eigenvalue weighted by molar-refractivity contribution is 7.90. The van der Waals surface area contributed by atoms with Crippen molar-refractivity contribution in [1.82, 2.24) is 4.72 Å². The molecule has 0 fully saturated rings. The van der Waals surface area contributed by atoms with Crippen LogP contribution in [0.25, 0.3) is 11.0 Å². The first-order chi connectivity index (χ1) is 13.4. The summed E-state index contributed by atoms with van der Waals surface area (Å²) in [6.45, 7) is 4.41. The average molecular weight is 401 g/mol. The number of fused-ring (bicyclic) bond motifs is 1. The molecule has 1 aromatic heterocycles. The average Bonchev–Trinajstić information content (AvgIpc) is 3.10. The highest BCUT2D eigenvalue weighted by atomic mass is 32.2. The first kappa shape index (κ1) is 20.1. The molecule has 0 spiro atoms. The minimum atomic E-state index is -1.77. The van der Waals surface area contributed by atoms with Gasteiger partial charge in [-0.25, -0.2) is 0 Å². The Morgan fingerprint density at radius 2 is 2.00 bits per heavy atom. The molecular formula is C21H24N2O4S. The summed E-state index contributed by atoms with van der Waals surface area (Å²) in [5.74, 6) is 0.0816. The molecule has 1 heterocycles. The fourth-order valence-corrected chi connectivity index (χ4v) is 3.67. The van der Waals surface area contributed by atoms with Crippen LogP contribution in [0.2, 0.25) is 0 Å². The van der Waals surface area contributed by atoms with E-state index in [0.717, 1.165) is 23.1 Å².